The number of phenolic OH excluding ortho intramolecular Hbond substituents is 1. The minimum absolute atomic E-state index is 0.172. The van der Waals surface area contributed by atoms with Crippen molar-refractivity contribution in [2.24, 2.45) is 0 Å². The largest absolute Gasteiger partial charge is 0.506 e. The highest BCUT2D eigenvalue weighted by Crippen LogP contribution is 2.38. The number of benzene rings is 2. The molecular weight excluding hydrogens is 440 g/mol. The van der Waals surface area contributed by atoms with E-state index in [0.29, 0.717) is 15.8 Å². The molecule has 1 aliphatic heterocycles. The monoisotopic (exact) mass is 450 g/mol. The van der Waals surface area contributed by atoms with E-state index in [4.69, 9.17) is 12.2 Å². The first-order valence-electron chi connectivity index (χ1n) is 7.33. The fourth-order valence-electron chi connectivity index (χ4n) is 2.36. The second kappa shape index (κ2) is 7.56. The third kappa shape index (κ3) is 3.79. The maximum atomic E-state index is 12.7. The molecule has 9 heteroatoms. The van der Waals surface area contributed by atoms with E-state index >= 15 is 0 Å². The van der Waals surface area contributed by atoms with Crippen LogP contribution < -0.4 is 0 Å². The molecule has 1 amide bonds. The summed E-state index contributed by atoms with van der Waals surface area (Å²) in [5.41, 5.74) is 0.915. The topological polar surface area (TPSA) is 83.7 Å². The van der Waals surface area contributed by atoms with E-state index in [2.05, 4.69) is 15.9 Å². The highest BCUT2D eigenvalue weighted by Gasteiger charge is 2.32. The molecule has 2 aromatic rings. The van der Waals surface area contributed by atoms with Crippen LogP contribution in [0.25, 0.3) is 6.08 Å². The van der Waals surface area contributed by atoms with Crippen LogP contribution in [0, 0.1) is 10.1 Å². The number of phenols is 1. The number of hydrogen-bond donors (Lipinski definition) is 1. The molecule has 0 bridgehead atoms. The van der Waals surface area contributed by atoms with Crippen molar-refractivity contribution in [3.05, 3.63) is 73.1 Å². The highest BCUT2D eigenvalue weighted by atomic mass is 79.9. The van der Waals surface area contributed by atoms with Crippen molar-refractivity contribution in [2.45, 2.75) is 6.54 Å². The number of rotatable bonds is 4. The van der Waals surface area contributed by atoms with Crippen LogP contribution in [0.1, 0.15) is 11.1 Å². The molecule has 0 saturated carbocycles. The first-order valence-corrected chi connectivity index (χ1v) is 9.35. The maximum absolute atomic E-state index is 12.7. The number of aromatic hydroxyl groups is 1. The van der Waals surface area contributed by atoms with Gasteiger partial charge in [-0.05, 0) is 27.6 Å². The summed E-state index contributed by atoms with van der Waals surface area (Å²) in [5, 5.41) is 21.1. The predicted octanol–water partition coefficient (Wildman–Crippen LogP) is 4.46. The third-order valence-electron chi connectivity index (χ3n) is 3.63. The van der Waals surface area contributed by atoms with Crippen LogP contribution in [0.5, 0.6) is 5.75 Å². The smallest absolute Gasteiger partial charge is 0.271 e. The number of amides is 1. The molecule has 26 heavy (non-hydrogen) atoms. The Kier molecular flexibility index (Phi) is 5.40. The number of carbonyl (C=O) groups excluding carboxylic acids is 1. The van der Waals surface area contributed by atoms with E-state index in [9.17, 15) is 20.0 Å². The molecule has 6 nitrogen and oxygen atoms in total. The second-order valence-corrected chi connectivity index (χ2v) is 7.91. The van der Waals surface area contributed by atoms with E-state index in [1.165, 1.54) is 23.1 Å². The Morgan fingerprint density at radius 1 is 1.31 bits per heavy atom. The summed E-state index contributed by atoms with van der Waals surface area (Å²) >= 11 is 9.47. The lowest BCUT2D eigenvalue weighted by molar-refractivity contribution is -0.385. The van der Waals surface area contributed by atoms with Gasteiger partial charge in [0.1, 0.15) is 10.1 Å². The van der Waals surface area contributed by atoms with Crippen LogP contribution >= 0.6 is 39.9 Å². The molecule has 1 aliphatic rings. The number of nitrogens with zero attached hydrogens (tertiary/aromatic N) is 2. The zero-order valence-electron chi connectivity index (χ0n) is 13.1. The quantitative estimate of drug-likeness (QED) is 0.320. The van der Waals surface area contributed by atoms with Crippen molar-refractivity contribution in [3.63, 3.8) is 0 Å². The zero-order chi connectivity index (χ0) is 18.8. The molecule has 0 spiro atoms. The van der Waals surface area contributed by atoms with E-state index < -0.39 is 4.92 Å². The van der Waals surface area contributed by atoms with E-state index in [0.717, 1.165) is 17.3 Å². The summed E-state index contributed by atoms with van der Waals surface area (Å²) in [6.45, 7) is 0.341. The lowest BCUT2D eigenvalue weighted by atomic mass is 10.1. The summed E-state index contributed by atoms with van der Waals surface area (Å²) in [5.74, 6) is -0.477. The number of halogens is 1. The molecule has 0 aliphatic carbocycles. The van der Waals surface area contributed by atoms with Gasteiger partial charge in [0, 0.05) is 17.7 Å². The molecule has 0 unspecified atom stereocenters. The maximum Gasteiger partial charge on any atom is 0.271 e. The Morgan fingerprint density at radius 3 is 2.65 bits per heavy atom. The molecule has 1 fully saturated rings. The molecule has 1 heterocycles. The lowest BCUT2D eigenvalue weighted by Crippen LogP contribution is -2.27. The average Bonchev–Trinajstić information content (AvgIpc) is 2.87. The number of non-ortho nitro benzene ring substituents is 1. The van der Waals surface area contributed by atoms with Crippen LogP contribution in [0.3, 0.4) is 0 Å². The van der Waals surface area contributed by atoms with Crippen LogP contribution in [0.15, 0.2) is 51.8 Å². The van der Waals surface area contributed by atoms with Gasteiger partial charge in [0.15, 0.2) is 0 Å². The fourth-order valence-corrected chi connectivity index (χ4v) is 4.07. The molecular formula is C17H11BrN2O4S2. The number of nitro benzene ring substituents is 1. The number of thiocarbonyl (C=S) groups is 1. The van der Waals surface area contributed by atoms with E-state index in [1.54, 1.807) is 0 Å². The van der Waals surface area contributed by atoms with Gasteiger partial charge in [-0.2, -0.15) is 0 Å². The third-order valence-corrected chi connectivity index (χ3v) is 5.61. The minimum Gasteiger partial charge on any atom is -0.506 e. The number of hydrogen-bond acceptors (Lipinski definition) is 6. The number of carbonyl (C=O) groups is 1. The molecule has 0 radical (unpaired) electrons. The molecule has 1 saturated heterocycles. The zero-order valence-corrected chi connectivity index (χ0v) is 16.3. The molecule has 132 valence electrons. The van der Waals surface area contributed by atoms with E-state index in [-0.39, 0.29) is 27.4 Å². The van der Waals surface area contributed by atoms with Crippen LogP contribution in [0.2, 0.25) is 0 Å². The first kappa shape index (κ1) is 18.6. The minimum atomic E-state index is -0.567. The highest BCUT2D eigenvalue weighted by molar-refractivity contribution is 9.10. The second-order valence-electron chi connectivity index (χ2n) is 5.38. The Bertz CT molecular complexity index is 947. The van der Waals surface area contributed by atoms with Crippen LogP contribution in [0.4, 0.5) is 5.69 Å². The van der Waals surface area contributed by atoms with Crippen molar-refractivity contribution >= 4 is 61.9 Å². The Hall–Kier alpha value is -2.23. The molecule has 0 aromatic heterocycles. The Balaban J connectivity index is 1.92. The van der Waals surface area contributed by atoms with Gasteiger partial charge in [0.2, 0.25) is 0 Å². The fraction of sp³-hybridized carbons (Fsp3) is 0.0588. The van der Waals surface area contributed by atoms with Crippen molar-refractivity contribution in [3.8, 4) is 5.75 Å². The van der Waals surface area contributed by atoms with Gasteiger partial charge in [-0.25, -0.2) is 0 Å². The van der Waals surface area contributed by atoms with Crippen molar-refractivity contribution in [2.75, 3.05) is 0 Å². The molecule has 0 atom stereocenters. The van der Waals surface area contributed by atoms with Gasteiger partial charge in [0.05, 0.1) is 20.8 Å². The van der Waals surface area contributed by atoms with E-state index in [1.807, 2.05) is 30.3 Å². The van der Waals surface area contributed by atoms with Gasteiger partial charge in [0.25, 0.3) is 11.6 Å². The van der Waals surface area contributed by atoms with Gasteiger partial charge >= 0.3 is 0 Å². The van der Waals surface area contributed by atoms with Crippen molar-refractivity contribution < 1.29 is 14.8 Å². The average molecular weight is 451 g/mol. The summed E-state index contributed by atoms with van der Waals surface area (Å²) in [7, 11) is 0. The molecule has 1 N–H and O–H groups in total. The van der Waals surface area contributed by atoms with Gasteiger partial charge in [-0.3, -0.25) is 19.8 Å². The summed E-state index contributed by atoms with van der Waals surface area (Å²) in [4.78, 5) is 24.9. The first-order chi connectivity index (χ1) is 12.4. The molecule has 2 aromatic carbocycles. The van der Waals surface area contributed by atoms with Crippen molar-refractivity contribution in [1.29, 1.82) is 0 Å². The summed E-state index contributed by atoms with van der Waals surface area (Å²) < 4.78 is 0.576. The van der Waals surface area contributed by atoms with Crippen LogP contribution in [-0.2, 0) is 11.3 Å². The van der Waals surface area contributed by atoms with Crippen molar-refractivity contribution in [1.82, 2.24) is 4.90 Å². The van der Waals surface area contributed by atoms with Gasteiger partial charge in [-0.15, -0.1) is 0 Å². The van der Waals surface area contributed by atoms with Gasteiger partial charge in [-0.1, -0.05) is 54.3 Å². The predicted molar refractivity (Wildman–Crippen MR) is 108 cm³/mol. The normalized spacial score (nSPS) is 15.7. The Morgan fingerprint density at radius 2 is 2.00 bits per heavy atom. The number of thioether (sulfide) groups is 1. The number of nitro groups is 1. The summed E-state index contributed by atoms with van der Waals surface area (Å²) in [6.07, 6.45) is 1.41. The molecule has 3 rings (SSSR count). The Labute approximate surface area is 166 Å². The summed E-state index contributed by atoms with van der Waals surface area (Å²) in [6, 6.07) is 11.8. The SMILES string of the molecule is O=C1/C(=C/c2cc([N+](=O)[O-])cc(Br)c2O)SC(=S)N1Cc1ccccc1. The standard InChI is InChI=1S/C17H11BrN2O4S2/c18-13-8-12(20(23)24)6-11(15(13)21)7-14-16(22)19(17(25)26-14)9-10-4-2-1-3-5-10/h1-8,21H,9H2/b14-7-. The lowest BCUT2D eigenvalue weighted by Gasteiger charge is -2.14. The van der Waals surface area contributed by atoms with Crippen LogP contribution in [-0.4, -0.2) is 25.2 Å². The van der Waals surface area contributed by atoms with Gasteiger partial charge < -0.3 is 5.11 Å².